The van der Waals surface area contributed by atoms with Crippen LogP contribution in [0.1, 0.15) is 5.56 Å². The lowest BCUT2D eigenvalue weighted by Gasteiger charge is -2.11. The lowest BCUT2D eigenvalue weighted by Crippen LogP contribution is -2.01. The van der Waals surface area contributed by atoms with Gasteiger partial charge in [0.2, 0.25) is 0 Å². The largest absolute Gasteiger partial charge is 0.399 e. The lowest BCUT2D eigenvalue weighted by atomic mass is 10.2. The Labute approximate surface area is 126 Å². The van der Waals surface area contributed by atoms with Gasteiger partial charge in [0.05, 0.1) is 6.20 Å². The number of nitrogens with one attached hydrogen (secondary N) is 1. The number of nitrogens with zero attached hydrogens (tertiary/aromatic N) is 4. The van der Waals surface area contributed by atoms with E-state index in [1.54, 1.807) is 6.20 Å². The van der Waals surface area contributed by atoms with Gasteiger partial charge in [-0.2, -0.15) is 0 Å². The summed E-state index contributed by atoms with van der Waals surface area (Å²) in [5.74, 6) is 0.645. The summed E-state index contributed by atoms with van der Waals surface area (Å²) in [5, 5.41) is 3.96. The van der Waals surface area contributed by atoms with Crippen molar-refractivity contribution in [3.63, 3.8) is 0 Å². The lowest BCUT2D eigenvalue weighted by molar-refractivity contribution is 0.992. The molecule has 0 radical (unpaired) electrons. The molecule has 21 heavy (non-hydrogen) atoms. The number of rotatable bonds is 3. The first-order chi connectivity index (χ1) is 10.2. The number of nitrogen functional groups attached to an aromatic ring is 1. The van der Waals surface area contributed by atoms with Gasteiger partial charge >= 0.3 is 0 Å². The molecule has 0 saturated heterocycles. The van der Waals surface area contributed by atoms with Crippen molar-refractivity contribution in [1.29, 1.82) is 0 Å². The normalized spacial score (nSPS) is 10.8. The van der Waals surface area contributed by atoms with Crippen LogP contribution in [0, 0.1) is 6.92 Å². The van der Waals surface area contributed by atoms with Crippen LogP contribution in [0.25, 0.3) is 11.0 Å². The molecule has 3 rings (SSSR count). The minimum Gasteiger partial charge on any atom is -0.399 e. The SMILES string of the molecule is CSc1ncc2ncnc(Nc3cc(N)ccc3C)c2n1. The fourth-order valence-corrected chi connectivity index (χ4v) is 2.27. The molecule has 0 fully saturated rings. The van der Waals surface area contributed by atoms with Crippen LogP contribution in [-0.4, -0.2) is 26.2 Å². The van der Waals surface area contributed by atoms with E-state index in [0.29, 0.717) is 27.7 Å². The Morgan fingerprint density at radius 1 is 1.19 bits per heavy atom. The van der Waals surface area contributed by atoms with Gasteiger partial charge in [-0.25, -0.2) is 19.9 Å². The molecule has 3 aromatic rings. The summed E-state index contributed by atoms with van der Waals surface area (Å²) in [7, 11) is 0. The zero-order valence-electron chi connectivity index (χ0n) is 11.7. The minimum atomic E-state index is 0.645. The molecule has 0 unspecified atom stereocenters. The monoisotopic (exact) mass is 298 g/mol. The molecule has 0 amide bonds. The molecule has 1 aromatic carbocycles. The van der Waals surface area contributed by atoms with E-state index >= 15 is 0 Å². The van der Waals surface area contributed by atoms with Crippen LogP contribution < -0.4 is 11.1 Å². The zero-order valence-corrected chi connectivity index (χ0v) is 12.5. The molecule has 6 nitrogen and oxygen atoms in total. The van der Waals surface area contributed by atoms with Crippen LogP contribution in [-0.2, 0) is 0 Å². The number of aryl methyl sites for hydroxylation is 1. The summed E-state index contributed by atoms with van der Waals surface area (Å²) in [5.41, 5.74) is 9.91. The van der Waals surface area contributed by atoms with Gasteiger partial charge < -0.3 is 11.1 Å². The fraction of sp³-hybridized carbons (Fsp3) is 0.143. The van der Waals surface area contributed by atoms with Crippen LogP contribution in [0.15, 0.2) is 35.9 Å². The molecule has 106 valence electrons. The maximum atomic E-state index is 5.84. The maximum Gasteiger partial charge on any atom is 0.188 e. The van der Waals surface area contributed by atoms with E-state index in [0.717, 1.165) is 11.3 Å². The first kappa shape index (κ1) is 13.6. The van der Waals surface area contributed by atoms with E-state index in [9.17, 15) is 0 Å². The van der Waals surface area contributed by atoms with Gasteiger partial charge in [0.25, 0.3) is 0 Å². The predicted molar refractivity (Wildman–Crippen MR) is 85.8 cm³/mol. The van der Waals surface area contributed by atoms with Gasteiger partial charge in [-0.3, -0.25) is 0 Å². The van der Waals surface area contributed by atoms with E-state index < -0.39 is 0 Å². The molecule has 3 N–H and O–H groups in total. The third-order valence-corrected chi connectivity index (χ3v) is 3.61. The number of aromatic nitrogens is 4. The van der Waals surface area contributed by atoms with Crippen molar-refractivity contribution < 1.29 is 0 Å². The Morgan fingerprint density at radius 2 is 2.05 bits per heavy atom. The number of hydrogen-bond donors (Lipinski definition) is 2. The molecule has 7 heteroatoms. The first-order valence-corrected chi connectivity index (χ1v) is 7.55. The standard InChI is InChI=1S/C14H14N6S/c1-8-3-4-9(15)5-10(8)19-13-12-11(17-7-18-13)6-16-14(20-12)21-2/h3-7H,15H2,1-2H3,(H,17,18,19). The Balaban J connectivity index is 2.09. The van der Waals surface area contributed by atoms with Crippen molar-refractivity contribution in [2.45, 2.75) is 12.1 Å². The van der Waals surface area contributed by atoms with Gasteiger partial charge in [-0.05, 0) is 30.9 Å². The van der Waals surface area contributed by atoms with E-state index in [1.807, 2.05) is 31.4 Å². The third-order valence-electron chi connectivity index (χ3n) is 3.05. The Morgan fingerprint density at radius 3 is 2.86 bits per heavy atom. The van der Waals surface area contributed by atoms with Crippen molar-refractivity contribution in [2.75, 3.05) is 17.3 Å². The van der Waals surface area contributed by atoms with Gasteiger partial charge in [-0.1, -0.05) is 17.8 Å². The van der Waals surface area contributed by atoms with E-state index in [4.69, 9.17) is 5.73 Å². The van der Waals surface area contributed by atoms with E-state index in [1.165, 1.54) is 18.1 Å². The van der Waals surface area contributed by atoms with E-state index in [2.05, 4.69) is 25.3 Å². The van der Waals surface area contributed by atoms with Crippen LogP contribution >= 0.6 is 11.8 Å². The smallest absolute Gasteiger partial charge is 0.188 e. The highest BCUT2D eigenvalue weighted by molar-refractivity contribution is 7.98. The topological polar surface area (TPSA) is 89.6 Å². The van der Waals surface area contributed by atoms with Crippen molar-refractivity contribution >= 4 is 40.0 Å². The number of hydrogen-bond acceptors (Lipinski definition) is 7. The quantitative estimate of drug-likeness (QED) is 0.436. The molecule has 0 bridgehead atoms. The van der Waals surface area contributed by atoms with Crippen LogP contribution in [0.4, 0.5) is 17.2 Å². The van der Waals surface area contributed by atoms with E-state index in [-0.39, 0.29) is 0 Å². The molecular formula is C14H14N6S. The van der Waals surface area contributed by atoms with Crippen LogP contribution in [0.5, 0.6) is 0 Å². The molecule has 0 aliphatic carbocycles. The zero-order chi connectivity index (χ0) is 14.8. The molecule has 2 heterocycles. The van der Waals surface area contributed by atoms with Crippen molar-refractivity contribution in [2.24, 2.45) is 0 Å². The fourth-order valence-electron chi connectivity index (χ4n) is 1.93. The molecule has 2 aromatic heterocycles. The summed E-state index contributed by atoms with van der Waals surface area (Å²) >= 11 is 1.48. The van der Waals surface area contributed by atoms with Gasteiger partial charge in [0.1, 0.15) is 17.4 Å². The summed E-state index contributed by atoms with van der Waals surface area (Å²) in [4.78, 5) is 17.2. The second-order valence-electron chi connectivity index (χ2n) is 4.51. The highest BCUT2D eigenvalue weighted by atomic mass is 32.2. The molecule has 0 aliphatic rings. The summed E-state index contributed by atoms with van der Waals surface area (Å²) < 4.78 is 0. The second kappa shape index (κ2) is 5.53. The highest BCUT2D eigenvalue weighted by Crippen LogP contribution is 2.25. The van der Waals surface area contributed by atoms with Crippen molar-refractivity contribution in [3.8, 4) is 0 Å². The minimum absolute atomic E-state index is 0.645. The Bertz CT molecular complexity index is 805. The number of thioether (sulfide) groups is 1. The summed E-state index contributed by atoms with van der Waals surface area (Å²) in [6.07, 6.45) is 5.13. The van der Waals surface area contributed by atoms with Gasteiger partial charge in [0.15, 0.2) is 11.0 Å². The average molecular weight is 298 g/mol. The molecule has 0 atom stereocenters. The average Bonchev–Trinajstić information content (AvgIpc) is 2.51. The van der Waals surface area contributed by atoms with Crippen LogP contribution in [0.3, 0.4) is 0 Å². The first-order valence-electron chi connectivity index (χ1n) is 6.32. The number of fused-ring (bicyclic) bond motifs is 1. The Hall–Kier alpha value is -2.41. The van der Waals surface area contributed by atoms with Crippen molar-refractivity contribution in [3.05, 3.63) is 36.3 Å². The second-order valence-corrected chi connectivity index (χ2v) is 5.29. The maximum absolute atomic E-state index is 5.84. The van der Waals surface area contributed by atoms with Gasteiger partial charge in [-0.15, -0.1) is 0 Å². The molecule has 0 saturated carbocycles. The molecular weight excluding hydrogens is 284 g/mol. The predicted octanol–water partition coefficient (Wildman–Crippen LogP) is 2.78. The highest BCUT2D eigenvalue weighted by Gasteiger charge is 2.09. The summed E-state index contributed by atoms with van der Waals surface area (Å²) in [6.45, 7) is 2.01. The molecule has 0 spiro atoms. The summed E-state index contributed by atoms with van der Waals surface area (Å²) in [6, 6.07) is 5.70. The van der Waals surface area contributed by atoms with Crippen LogP contribution in [0.2, 0.25) is 0 Å². The van der Waals surface area contributed by atoms with Crippen molar-refractivity contribution in [1.82, 2.24) is 19.9 Å². The Kier molecular flexibility index (Phi) is 3.57. The number of anilines is 3. The number of benzene rings is 1. The number of nitrogens with two attached hydrogens (primary N) is 1. The third kappa shape index (κ3) is 2.73. The van der Waals surface area contributed by atoms with Gasteiger partial charge in [0, 0.05) is 11.4 Å². The molecule has 0 aliphatic heterocycles.